The van der Waals surface area contributed by atoms with Crippen LogP contribution in [0, 0.1) is 35.0 Å². The second-order valence-corrected chi connectivity index (χ2v) is 13.5. The summed E-state index contributed by atoms with van der Waals surface area (Å²) in [6, 6.07) is 21.4. The van der Waals surface area contributed by atoms with E-state index in [-0.39, 0.29) is 31.3 Å². The third-order valence-corrected chi connectivity index (χ3v) is 10.0. The number of likely N-dealkylation sites (tertiary alicyclic amines) is 1. The standard InChI is InChI=1S/C38H36ClF5N2O5/c1-21-28(19-46-16-14-38(49,15-17-46)26-10-12-27(39)13-11-26)50-37(51-35(21)24-6-4-23(20-47)5-7-24)25-8-2-22(3-9-25)18-45-36(48)29-30(40)32(42)34(44)33(43)31(29)41/h2-13,21,28,35,37,47,49H,14-20H2,1H3,(H,45,48)/t21-,28+,35+,37+/m0/s1. The lowest BCUT2D eigenvalue weighted by Crippen LogP contribution is -2.49. The third-order valence-electron chi connectivity index (χ3n) is 9.77. The summed E-state index contributed by atoms with van der Waals surface area (Å²) in [7, 11) is 0. The highest BCUT2D eigenvalue weighted by molar-refractivity contribution is 6.30. The van der Waals surface area contributed by atoms with Gasteiger partial charge in [0.25, 0.3) is 5.91 Å². The molecule has 2 aliphatic heterocycles. The van der Waals surface area contributed by atoms with Crippen LogP contribution < -0.4 is 5.32 Å². The van der Waals surface area contributed by atoms with Crippen molar-refractivity contribution in [3.63, 3.8) is 0 Å². The summed E-state index contributed by atoms with van der Waals surface area (Å²) >= 11 is 6.05. The third kappa shape index (κ3) is 7.81. The molecule has 4 aromatic carbocycles. The molecule has 1 amide bonds. The summed E-state index contributed by atoms with van der Waals surface area (Å²) in [5.74, 6) is -12.7. The molecule has 51 heavy (non-hydrogen) atoms. The zero-order valence-corrected chi connectivity index (χ0v) is 28.3. The van der Waals surface area contributed by atoms with E-state index in [1.165, 1.54) is 0 Å². The van der Waals surface area contributed by atoms with E-state index >= 15 is 0 Å². The molecule has 7 nitrogen and oxygen atoms in total. The first-order valence-corrected chi connectivity index (χ1v) is 16.9. The van der Waals surface area contributed by atoms with Gasteiger partial charge in [-0.3, -0.25) is 4.79 Å². The monoisotopic (exact) mass is 730 g/mol. The van der Waals surface area contributed by atoms with E-state index in [1.807, 2.05) is 36.4 Å². The van der Waals surface area contributed by atoms with Gasteiger partial charge >= 0.3 is 0 Å². The number of halogens is 6. The van der Waals surface area contributed by atoms with Crippen LogP contribution >= 0.6 is 11.6 Å². The lowest BCUT2D eigenvalue weighted by atomic mass is 9.84. The maximum absolute atomic E-state index is 14.1. The van der Waals surface area contributed by atoms with Crippen LogP contribution in [0.25, 0.3) is 0 Å². The van der Waals surface area contributed by atoms with E-state index in [0.29, 0.717) is 48.6 Å². The minimum atomic E-state index is -2.34. The molecule has 0 radical (unpaired) electrons. The maximum atomic E-state index is 14.1. The van der Waals surface area contributed by atoms with Crippen molar-refractivity contribution in [2.45, 2.75) is 57.0 Å². The van der Waals surface area contributed by atoms with Crippen molar-refractivity contribution >= 4 is 17.5 Å². The number of carbonyl (C=O) groups excluding carboxylic acids is 1. The molecule has 2 fully saturated rings. The van der Waals surface area contributed by atoms with Crippen LogP contribution in [0.2, 0.25) is 5.02 Å². The number of rotatable bonds is 9. The smallest absolute Gasteiger partial charge is 0.257 e. The summed E-state index contributed by atoms with van der Waals surface area (Å²) in [6.45, 7) is 3.54. The van der Waals surface area contributed by atoms with Crippen LogP contribution in [0.5, 0.6) is 0 Å². The van der Waals surface area contributed by atoms with Crippen molar-refractivity contribution in [3.05, 3.63) is 140 Å². The number of amides is 1. The van der Waals surface area contributed by atoms with Crippen molar-refractivity contribution in [3.8, 4) is 0 Å². The Kier molecular flexibility index (Phi) is 11.1. The fourth-order valence-electron chi connectivity index (χ4n) is 6.60. The number of aliphatic hydroxyl groups excluding tert-OH is 1. The topological polar surface area (TPSA) is 91.3 Å². The van der Waals surface area contributed by atoms with Gasteiger partial charge in [0.15, 0.2) is 29.6 Å². The lowest BCUT2D eigenvalue weighted by Gasteiger charge is -2.45. The largest absolute Gasteiger partial charge is 0.392 e. The summed E-state index contributed by atoms with van der Waals surface area (Å²) in [6.07, 6.45) is -0.402. The molecule has 6 rings (SSSR count). The number of nitrogens with zero attached hydrogens (tertiary/aromatic N) is 1. The number of benzene rings is 4. The highest BCUT2D eigenvalue weighted by Gasteiger charge is 2.41. The molecule has 0 bridgehead atoms. The molecule has 13 heteroatoms. The van der Waals surface area contributed by atoms with E-state index < -0.39 is 52.4 Å². The van der Waals surface area contributed by atoms with Crippen molar-refractivity contribution in [1.29, 1.82) is 0 Å². The highest BCUT2D eigenvalue weighted by atomic mass is 35.5. The number of carbonyl (C=O) groups is 1. The molecule has 0 spiro atoms. The van der Waals surface area contributed by atoms with Gasteiger partial charge in [0.2, 0.25) is 5.82 Å². The average molecular weight is 731 g/mol. The molecule has 0 aromatic heterocycles. The Labute approximate surface area is 296 Å². The minimum Gasteiger partial charge on any atom is -0.392 e. The van der Waals surface area contributed by atoms with Gasteiger partial charge < -0.3 is 29.9 Å². The lowest BCUT2D eigenvalue weighted by molar-refractivity contribution is -0.277. The highest BCUT2D eigenvalue weighted by Crippen LogP contribution is 2.42. The fraction of sp³-hybridized carbons (Fsp3) is 0.342. The van der Waals surface area contributed by atoms with Crippen LogP contribution in [0.3, 0.4) is 0 Å². The molecular formula is C38H36ClF5N2O5. The maximum Gasteiger partial charge on any atom is 0.257 e. The molecule has 0 aliphatic carbocycles. The van der Waals surface area contributed by atoms with E-state index in [9.17, 15) is 37.0 Å². The molecule has 2 heterocycles. The van der Waals surface area contributed by atoms with Crippen molar-refractivity contribution in [1.82, 2.24) is 10.2 Å². The second-order valence-electron chi connectivity index (χ2n) is 13.0. The minimum absolute atomic E-state index is 0.0882. The van der Waals surface area contributed by atoms with Crippen LogP contribution in [0.4, 0.5) is 22.0 Å². The zero-order chi connectivity index (χ0) is 36.4. The van der Waals surface area contributed by atoms with Crippen molar-refractivity contribution < 1.29 is 46.4 Å². The Morgan fingerprint density at radius 1 is 0.824 bits per heavy atom. The first-order valence-electron chi connectivity index (χ1n) is 16.5. The van der Waals surface area contributed by atoms with Crippen LogP contribution in [0.1, 0.15) is 70.3 Å². The predicted octanol–water partition coefficient (Wildman–Crippen LogP) is 7.23. The van der Waals surface area contributed by atoms with E-state index in [4.69, 9.17) is 21.1 Å². The number of piperidine rings is 1. The Morgan fingerprint density at radius 3 is 1.96 bits per heavy atom. The zero-order valence-electron chi connectivity index (χ0n) is 27.5. The van der Waals surface area contributed by atoms with Gasteiger partial charge in [-0.25, -0.2) is 22.0 Å². The molecule has 0 unspecified atom stereocenters. The van der Waals surface area contributed by atoms with Crippen LogP contribution in [-0.2, 0) is 28.2 Å². The first kappa shape index (κ1) is 36.9. The van der Waals surface area contributed by atoms with E-state index in [0.717, 1.165) is 16.7 Å². The first-order chi connectivity index (χ1) is 24.4. The molecule has 3 N–H and O–H groups in total. The van der Waals surface area contributed by atoms with Gasteiger partial charge in [0.1, 0.15) is 5.56 Å². The summed E-state index contributed by atoms with van der Waals surface area (Å²) in [5, 5.41) is 23.8. The quantitative estimate of drug-likeness (QED) is 0.0957. The summed E-state index contributed by atoms with van der Waals surface area (Å²) in [5.41, 5.74) is 1.10. The molecule has 0 saturated carbocycles. The molecule has 270 valence electrons. The number of ether oxygens (including phenoxy) is 2. The Bertz CT molecular complexity index is 1830. The van der Waals surface area contributed by atoms with Gasteiger partial charge in [-0.2, -0.15) is 0 Å². The van der Waals surface area contributed by atoms with Gasteiger partial charge in [-0.15, -0.1) is 0 Å². The Morgan fingerprint density at radius 2 is 1.37 bits per heavy atom. The molecule has 2 saturated heterocycles. The van der Waals surface area contributed by atoms with Crippen molar-refractivity contribution in [2.75, 3.05) is 19.6 Å². The molecule has 2 aliphatic rings. The molecular weight excluding hydrogens is 695 g/mol. The Balaban J connectivity index is 1.16. The van der Waals surface area contributed by atoms with Gasteiger partial charge in [0.05, 0.1) is 24.4 Å². The number of aliphatic hydroxyl groups is 2. The van der Waals surface area contributed by atoms with Crippen molar-refractivity contribution in [2.24, 2.45) is 5.92 Å². The number of hydrogen-bond donors (Lipinski definition) is 3. The second kappa shape index (κ2) is 15.4. The van der Waals surface area contributed by atoms with Gasteiger partial charge in [0, 0.05) is 42.7 Å². The SMILES string of the molecule is C[C@H]1[C@@H](CN2CCC(O)(c3ccc(Cl)cc3)CC2)O[C@@H](c2ccc(CNC(=O)c3c(F)c(F)c(F)c(F)c3F)cc2)O[C@H]1c1ccc(CO)cc1. The number of hydrogen-bond acceptors (Lipinski definition) is 6. The normalized spacial score (nSPS) is 22.1. The Hall–Kier alpha value is -3.91. The number of nitrogens with one attached hydrogen (secondary N) is 1. The molecule has 4 aromatic rings. The summed E-state index contributed by atoms with van der Waals surface area (Å²) in [4.78, 5) is 14.7. The molecule has 4 atom stereocenters. The van der Waals surface area contributed by atoms with Crippen LogP contribution in [-0.4, -0.2) is 46.8 Å². The summed E-state index contributed by atoms with van der Waals surface area (Å²) < 4.78 is 81.9. The average Bonchev–Trinajstić information content (AvgIpc) is 3.14. The predicted molar refractivity (Wildman–Crippen MR) is 178 cm³/mol. The van der Waals surface area contributed by atoms with Crippen LogP contribution in [0.15, 0.2) is 72.8 Å². The fourth-order valence-corrected chi connectivity index (χ4v) is 6.73. The van der Waals surface area contributed by atoms with E-state index in [2.05, 4.69) is 17.1 Å². The van der Waals surface area contributed by atoms with E-state index in [1.54, 1.807) is 36.4 Å². The van der Waals surface area contributed by atoms with Gasteiger partial charge in [-0.05, 0) is 47.2 Å². The van der Waals surface area contributed by atoms with Gasteiger partial charge in [-0.1, -0.05) is 79.2 Å².